The molecule has 0 saturated carbocycles. The van der Waals surface area contributed by atoms with E-state index in [2.05, 4.69) is 10.3 Å². The van der Waals surface area contributed by atoms with Gasteiger partial charge in [-0.1, -0.05) is 12.8 Å². The Kier molecular flexibility index (Phi) is 11.5. The van der Waals surface area contributed by atoms with Crippen LogP contribution in [0.5, 0.6) is 11.6 Å². The lowest BCUT2D eigenvalue weighted by Gasteiger charge is -2.22. The lowest BCUT2D eigenvalue weighted by Crippen LogP contribution is -2.32. The summed E-state index contributed by atoms with van der Waals surface area (Å²) in [6.45, 7) is 8.40. The van der Waals surface area contributed by atoms with Crippen molar-refractivity contribution in [3.63, 3.8) is 0 Å². The van der Waals surface area contributed by atoms with E-state index in [1.807, 2.05) is 32.9 Å². The highest BCUT2D eigenvalue weighted by Crippen LogP contribution is 2.24. The SMILES string of the molecule is CC(C)(C)OC(=O)NCCCCCCOc1ncccc1OCCOC1CCCCO1. The molecule has 1 amide bonds. The first-order chi connectivity index (χ1) is 14.9. The number of ether oxygens (including phenoxy) is 5. The fraction of sp³-hybridized carbons (Fsp3) is 0.739. The number of unbranched alkanes of at least 4 members (excludes halogenated alkanes) is 3. The molecular weight excluding hydrogens is 400 g/mol. The first-order valence-corrected chi connectivity index (χ1v) is 11.3. The van der Waals surface area contributed by atoms with Crippen LogP contribution in [0, 0.1) is 0 Å². The molecule has 0 aliphatic carbocycles. The van der Waals surface area contributed by atoms with Crippen LogP contribution in [0.15, 0.2) is 18.3 Å². The van der Waals surface area contributed by atoms with Gasteiger partial charge in [-0.2, -0.15) is 0 Å². The monoisotopic (exact) mass is 438 g/mol. The number of nitrogens with one attached hydrogen (secondary N) is 1. The van der Waals surface area contributed by atoms with Gasteiger partial charge in [-0.25, -0.2) is 9.78 Å². The summed E-state index contributed by atoms with van der Waals surface area (Å²) in [4.78, 5) is 15.8. The fourth-order valence-corrected chi connectivity index (χ4v) is 3.02. The van der Waals surface area contributed by atoms with Gasteiger partial charge in [0, 0.05) is 19.3 Å². The molecule has 176 valence electrons. The molecule has 2 heterocycles. The molecule has 1 saturated heterocycles. The predicted octanol–water partition coefficient (Wildman–Crippen LogP) is 4.47. The standard InChI is InChI=1S/C23H38N2O6/c1-23(2,3)31-22(26)25-13-7-4-5-8-16-30-21-19(11-10-14-24-21)27-17-18-29-20-12-6-9-15-28-20/h10-11,14,20H,4-9,12-13,15-18H2,1-3H3,(H,25,26). The Hall–Kier alpha value is -2.06. The number of carbonyl (C=O) groups is 1. The van der Waals surface area contributed by atoms with Crippen LogP contribution in [0.25, 0.3) is 0 Å². The molecule has 0 spiro atoms. The lowest BCUT2D eigenvalue weighted by molar-refractivity contribution is -0.165. The molecule has 1 aromatic heterocycles. The van der Waals surface area contributed by atoms with E-state index in [9.17, 15) is 4.79 Å². The van der Waals surface area contributed by atoms with Crippen molar-refractivity contribution in [3.05, 3.63) is 18.3 Å². The second-order valence-corrected chi connectivity index (χ2v) is 8.51. The fourth-order valence-electron chi connectivity index (χ4n) is 3.02. The second-order valence-electron chi connectivity index (χ2n) is 8.51. The number of rotatable bonds is 13. The molecule has 1 aliphatic rings. The van der Waals surface area contributed by atoms with Gasteiger partial charge in [0.1, 0.15) is 12.2 Å². The summed E-state index contributed by atoms with van der Waals surface area (Å²) in [5.74, 6) is 1.13. The van der Waals surface area contributed by atoms with Gasteiger partial charge in [0.15, 0.2) is 12.0 Å². The maximum atomic E-state index is 11.6. The maximum Gasteiger partial charge on any atom is 0.407 e. The molecule has 1 N–H and O–H groups in total. The summed E-state index contributed by atoms with van der Waals surface area (Å²) < 4.78 is 28.0. The minimum Gasteiger partial charge on any atom is -0.486 e. The Morgan fingerprint density at radius 1 is 1.13 bits per heavy atom. The third-order valence-electron chi connectivity index (χ3n) is 4.50. The smallest absolute Gasteiger partial charge is 0.407 e. The van der Waals surface area contributed by atoms with E-state index in [0.717, 1.165) is 51.6 Å². The summed E-state index contributed by atoms with van der Waals surface area (Å²) in [7, 11) is 0. The van der Waals surface area contributed by atoms with Crippen LogP contribution >= 0.6 is 0 Å². The van der Waals surface area contributed by atoms with E-state index < -0.39 is 5.60 Å². The van der Waals surface area contributed by atoms with Crippen LogP contribution in [0.1, 0.15) is 65.7 Å². The van der Waals surface area contributed by atoms with Crippen LogP contribution in [0.2, 0.25) is 0 Å². The Bertz CT molecular complexity index is 629. The maximum absolute atomic E-state index is 11.6. The Morgan fingerprint density at radius 2 is 1.97 bits per heavy atom. The van der Waals surface area contributed by atoms with E-state index in [0.29, 0.717) is 38.0 Å². The number of aromatic nitrogens is 1. The number of hydrogen-bond acceptors (Lipinski definition) is 7. The van der Waals surface area contributed by atoms with Crippen molar-refractivity contribution in [1.29, 1.82) is 0 Å². The van der Waals surface area contributed by atoms with Crippen LogP contribution < -0.4 is 14.8 Å². The lowest BCUT2D eigenvalue weighted by atomic mass is 10.2. The topological polar surface area (TPSA) is 88.1 Å². The predicted molar refractivity (Wildman–Crippen MR) is 117 cm³/mol. The van der Waals surface area contributed by atoms with Gasteiger partial charge in [-0.05, 0) is 65.0 Å². The molecule has 0 bridgehead atoms. The molecular formula is C23H38N2O6. The zero-order valence-corrected chi connectivity index (χ0v) is 19.2. The summed E-state index contributed by atoms with van der Waals surface area (Å²) >= 11 is 0. The Morgan fingerprint density at radius 3 is 2.74 bits per heavy atom. The minimum atomic E-state index is -0.466. The number of alkyl carbamates (subject to hydrolysis) is 1. The average molecular weight is 439 g/mol. The summed E-state index contributed by atoms with van der Waals surface area (Å²) in [5, 5.41) is 2.77. The van der Waals surface area contributed by atoms with Gasteiger partial charge >= 0.3 is 6.09 Å². The first-order valence-electron chi connectivity index (χ1n) is 11.3. The number of amides is 1. The molecule has 1 unspecified atom stereocenters. The molecule has 2 rings (SSSR count). The third-order valence-corrected chi connectivity index (χ3v) is 4.50. The van der Waals surface area contributed by atoms with Crippen LogP contribution in [-0.2, 0) is 14.2 Å². The molecule has 8 heteroatoms. The molecule has 8 nitrogen and oxygen atoms in total. The highest BCUT2D eigenvalue weighted by molar-refractivity contribution is 5.67. The van der Waals surface area contributed by atoms with E-state index in [-0.39, 0.29) is 12.4 Å². The van der Waals surface area contributed by atoms with Crippen LogP contribution in [-0.4, -0.2) is 55.9 Å². The number of carbonyl (C=O) groups excluding carboxylic acids is 1. The molecule has 1 aliphatic heterocycles. The van der Waals surface area contributed by atoms with Crippen LogP contribution in [0.3, 0.4) is 0 Å². The van der Waals surface area contributed by atoms with Crippen molar-refractivity contribution in [3.8, 4) is 11.6 Å². The highest BCUT2D eigenvalue weighted by Gasteiger charge is 2.15. The van der Waals surface area contributed by atoms with Crippen molar-refractivity contribution in [2.75, 3.05) is 33.0 Å². The molecule has 0 radical (unpaired) electrons. The molecule has 1 fully saturated rings. The van der Waals surface area contributed by atoms with Crippen molar-refractivity contribution in [2.45, 2.75) is 77.6 Å². The number of hydrogen-bond donors (Lipinski definition) is 1. The van der Waals surface area contributed by atoms with Crippen molar-refractivity contribution in [2.24, 2.45) is 0 Å². The van der Waals surface area contributed by atoms with Crippen LogP contribution in [0.4, 0.5) is 4.79 Å². The van der Waals surface area contributed by atoms with Crippen molar-refractivity contribution in [1.82, 2.24) is 10.3 Å². The van der Waals surface area contributed by atoms with Gasteiger partial charge in [0.2, 0.25) is 0 Å². The van der Waals surface area contributed by atoms with Gasteiger partial charge in [0.05, 0.1) is 13.2 Å². The van der Waals surface area contributed by atoms with Crippen molar-refractivity contribution >= 4 is 6.09 Å². The second kappa shape index (κ2) is 14.1. The average Bonchev–Trinajstić information content (AvgIpc) is 2.73. The Balaban J connectivity index is 1.52. The molecule has 31 heavy (non-hydrogen) atoms. The Labute approximate surface area is 185 Å². The largest absolute Gasteiger partial charge is 0.486 e. The zero-order chi connectivity index (χ0) is 22.4. The van der Waals surface area contributed by atoms with E-state index >= 15 is 0 Å². The molecule has 1 aromatic rings. The summed E-state index contributed by atoms with van der Waals surface area (Å²) in [5.41, 5.74) is -0.466. The van der Waals surface area contributed by atoms with Gasteiger partial charge < -0.3 is 29.0 Å². The van der Waals surface area contributed by atoms with E-state index in [1.165, 1.54) is 0 Å². The van der Waals surface area contributed by atoms with E-state index in [1.54, 1.807) is 6.20 Å². The van der Waals surface area contributed by atoms with E-state index in [4.69, 9.17) is 23.7 Å². The number of pyridine rings is 1. The molecule has 0 aromatic carbocycles. The quantitative estimate of drug-likeness (QED) is 0.455. The highest BCUT2D eigenvalue weighted by atomic mass is 16.7. The third kappa shape index (κ3) is 11.8. The van der Waals surface area contributed by atoms with Gasteiger partial charge in [-0.3, -0.25) is 0 Å². The number of nitrogens with zero attached hydrogens (tertiary/aromatic N) is 1. The van der Waals surface area contributed by atoms with Gasteiger partial charge in [-0.15, -0.1) is 0 Å². The molecule has 1 atom stereocenters. The van der Waals surface area contributed by atoms with Gasteiger partial charge in [0.25, 0.3) is 5.88 Å². The summed E-state index contributed by atoms with van der Waals surface area (Å²) in [6, 6.07) is 3.67. The first kappa shape index (κ1) is 25.2. The summed E-state index contributed by atoms with van der Waals surface area (Å²) in [6.07, 6.45) is 8.24. The minimum absolute atomic E-state index is 0.110. The zero-order valence-electron chi connectivity index (χ0n) is 19.2. The normalized spacial score (nSPS) is 16.5. The van der Waals surface area contributed by atoms with Crippen molar-refractivity contribution < 1.29 is 28.5 Å².